The van der Waals surface area contributed by atoms with Crippen molar-refractivity contribution in [2.45, 2.75) is 52.5 Å². The molecule has 0 aliphatic rings. The molecule has 1 aromatic carbocycles. The average molecular weight is 341 g/mol. The molecule has 0 fully saturated rings. The molecule has 0 atom stereocenters. The zero-order valence-corrected chi connectivity index (χ0v) is 17.1. The fourth-order valence-corrected chi connectivity index (χ4v) is 6.65. The lowest BCUT2D eigenvalue weighted by molar-refractivity contribution is 0.0704. The smallest absolute Gasteiger partial charge is 0.374 e. The zero-order valence-electron chi connectivity index (χ0n) is 15.1. The van der Waals surface area contributed by atoms with Crippen LogP contribution in [0.3, 0.4) is 0 Å². The molecule has 0 aliphatic heterocycles. The molecule has 0 saturated carbocycles. The normalized spacial score (nSPS) is 12.6. The highest BCUT2D eigenvalue weighted by molar-refractivity contribution is 6.75. The third-order valence-electron chi connectivity index (χ3n) is 3.27. The van der Waals surface area contributed by atoms with Crippen molar-refractivity contribution >= 4 is 16.9 Å². The maximum Gasteiger partial charge on any atom is 0.505 e. The first-order valence-corrected chi connectivity index (χ1v) is 14.0. The van der Waals surface area contributed by atoms with E-state index < -0.39 is 16.9 Å². The molecular formula is C17H32O3Si2. The monoisotopic (exact) mass is 340 g/mol. The molecule has 126 valence electrons. The van der Waals surface area contributed by atoms with E-state index in [-0.39, 0.29) is 0 Å². The highest BCUT2D eigenvalue weighted by Crippen LogP contribution is 2.19. The predicted molar refractivity (Wildman–Crippen MR) is 97.8 cm³/mol. The molecule has 0 aliphatic carbocycles. The van der Waals surface area contributed by atoms with Gasteiger partial charge in [-0.3, -0.25) is 0 Å². The molecule has 0 aromatic heterocycles. The summed E-state index contributed by atoms with van der Waals surface area (Å²) in [5.74, 6) is 0. The van der Waals surface area contributed by atoms with Crippen molar-refractivity contribution in [1.82, 2.24) is 0 Å². The predicted octanol–water partition coefficient (Wildman–Crippen LogP) is 4.24. The minimum Gasteiger partial charge on any atom is -0.374 e. The van der Waals surface area contributed by atoms with E-state index >= 15 is 0 Å². The molecule has 3 nitrogen and oxygen atoms in total. The minimum absolute atomic E-state index is 0.625. The van der Waals surface area contributed by atoms with Gasteiger partial charge < -0.3 is 13.3 Å². The van der Waals surface area contributed by atoms with Crippen LogP contribution in [0.15, 0.2) is 24.3 Å². The van der Waals surface area contributed by atoms with E-state index in [9.17, 15) is 0 Å². The molecule has 0 spiro atoms. The van der Waals surface area contributed by atoms with Crippen molar-refractivity contribution in [3.8, 4) is 0 Å². The zero-order chi connectivity index (χ0) is 16.6. The van der Waals surface area contributed by atoms with Crippen LogP contribution in [0.2, 0.25) is 19.6 Å². The summed E-state index contributed by atoms with van der Waals surface area (Å²) in [6.45, 7) is 15.1. The fraction of sp³-hybridized carbons (Fsp3) is 0.647. The maximum absolute atomic E-state index is 5.93. The summed E-state index contributed by atoms with van der Waals surface area (Å²) in [6.07, 6.45) is 0. The molecule has 0 bridgehead atoms. The number of benzene rings is 1. The highest BCUT2D eigenvalue weighted by Gasteiger charge is 2.40. The Balaban J connectivity index is 2.84. The van der Waals surface area contributed by atoms with Gasteiger partial charge in [-0.1, -0.05) is 49.5 Å². The van der Waals surface area contributed by atoms with Crippen molar-refractivity contribution in [3.63, 3.8) is 0 Å². The van der Waals surface area contributed by atoms with E-state index in [1.807, 2.05) is 20.8 Å². The Morgan fingerprint density at radius 1 is 0.682 bits per heavy atom. The largest absolute Gasteiger partial charge is 0.505 e. The van der Waals surface area contributed by atoms with Gasteiger partial charge in [0.1, 0.15) is 0 Å². The Labute approximate surface area is 138 Å². The maximum atomic E-state index is 5.93. The third kappa shape index (κ3) is 6.75. The minimum atomic E-state index is -2.59. The first-order chi connectivity index (χ1) is 10.3. The number of hydrogen-bond donors (Lipinski definition) is 0. The van der Waals surface area contributed by atoms with Crippen LogP contribution in [-0.4, -0.2) is 36.7 Å². The molecule has 0 N–H and O–H groups in total. The molecular weight excluding hydrogens is 308 g/mol. The molecule has 0 heterocycles. The molecule has 1 aromatic rings. The lowest BCUT2D eigenvalue weighted by Crippen LogP contribution is -2.48. The Morgan fingerprint density at radius 3 is 1.36 bits per heavy atom. The van der Waals surface area contributed by atoms with Crippen LogP contribution in [0.4, 0.5) is 0 Å². The Kier molecular flexibility index (Phi) is 7.99. The molecule has 0 amide bonds. The van der Waals surface area contributed by atoms with Gasteiger partial charge in [0.2, 0.25) is 0 Å². The van der Waals surface area contributed by atoms with Crippen LogP contribution in [0.1, 0.15) is 31.9 Å². The lowest BCUT2D eigenvalue weighted by atomic mass is 10.2. The van der Waals surface area contributed by atoms with Gasteiger partial charge >= 0.3 is 8.80 Å². The molecule has 5 heteroatoms. The fourth-order valence-electron chi connectivity index (χ4n) is 2.58. The van der Waals surface area contributed by atoms with Gasteiger partial charge in [-0.15, -0.1) is 0 Å². The second-order valence-corrected chi connectivity index (χ2v) is 14.8. The standard InChI is InChI=1S/C17H32O3Si2/c1-7-18-22(19-8-2,20-9-3)15-17-12-10-16(11-13-17)14-21(4,5)6/h10-13H,7-9,14-15H2,1-6H3. The van der Waals surface area contributed by atoms with Crippen LogP contribution in [0.5, 0.6) is 0 Å². The highest BCUT2D eigenvalue weighted by atomic mass is 28.4. The van der Waals surface area contributed by atoms with E-state index in [4.69, 9.17) is 13.3 Å². The van der Waals surface area contributed by atoms with Crippen LogP contribution >= 0.6 is 0 Å². The van der Waals surface area contributed by atoms with Crippen molar-refractivity contribution in [1.29, 1.82) is 0 Å². The summed E-state index contributed by atoms with van der Waals surface area (Å²) in [5, 5.41) is 0. The quantitative estimate of drug-likeness (QED) is 0.596. The Hall–Kier alpha value is -0.466. The van der Waals surface area contributed by atoms with Crippen molar-refractivity contribution < 1.29 is 13.3 Å². The van der Waals surface area contributed by atoms with E-state index in [1.165, 1.54) is 17.2 Å². The van der Waals surface area contributed by atoms with Gasteiger partial charge in [0, 0.05) is 33.9 Å². The van der Waals surface area contributed by atoms with Gasteiger partial charge in [0.05, 0.1) is 0 Å². The van der Waals surface area contributed by atoms with Crippen molar-refractivity contribution in [3.05, 3.63) is 35.4 Å². The van der Waals surface area contributed by atoms with Gasteiger partial charge in [0.25, 0.3) is 0 Å². The van der Waals surface area contributed by atoms with E-state index in [0.717, 1.165) is 6.04 Å². The summed E-state index contributed by atoms with van der Waals surface area (Å²) < 4.78 is 17.8. The second kappa shape index (κ2) is 8.98. The molecule has 0 saturated heterocycles. The van der Waals surface area contributed by atoms with Gasteiger partial charge in [-0.05, 0) is 32.4 Å². The second-order valence-electron chi connectivity index (χ2n) is 6.71. The molecule has 0 radical (unpaired) electrons. The van der Waals surface area contributed by atoms with Crippen LogP contribution < -0.4 is 0 Å². The summed E-state index contributed by atoms with van der Waals surface area (Å²) in [7, 11) is -3.66. The molecule has 22 heavy (non-hydrogen) atoms. The first-order valence-electron chi connectivity index (χ1n) is 8.34. The number of hydrogen-bond acceptors (Lipinski definition) is 3. The van der Waals surface area contributed by atoms with Gasteiger partial charge in [0.15, 0.2) is 0 Å². The van der Waals surface area contributed by atoms with Crippen LogP contribution in [0, 0.1) is 0 Å². The Morgan fingerprint density at radius 2 is 1.05 bits per heavy atom. The van der Waals surface area contributed by atoms with Gasteiger partial charge in [-0.2, -0.15) is 0 Å². The summed E-state index contributed by atoms with van der Waals surface area (Å²) in [5.41, 5.74) is 2.67. The SMILES string of the molecule is CCO[Si](Cc1ccc(C[Si](C)(C)C)cc1)(OCC)OCC. The summed E-state index contributed by atoms with van der Waals surface area (Å²) >= 11 is 0. The first kappa shape index (κ1) is 19.6. The molecule has 1 rings (SSSR count). The number of rotatable bonds is 10. The average Bonchev–Trinajstić information content (AvgIpc) is 2.40. The Bertz CT molecular complexity index is 410. The van der Waals surface area contributed by atoms with Gasteiger partial charge in [-0.25, -0.2) is 0 Å². The third-order valence-corrected chi connectivity index (χ3v) is 7.77. The topological polar surface area (TPSA) is 27.7 Å². The van der Waals surface area contributed by atoms with Crippen LogP contribution in [0.25, 0.3) is 0 Å². The summed E-state index contributed by atoms with van der Waals surface area (Å²) in [6, 6.07) is 10.9. The summed E-state index contributed by atoms with van der Waals surface area (Å²) in [4.78, 5) is 0. The van der Waals surface area contributed by atoms with Crippen LogP contribution in [-0.2, 0) is 25.4 Å². The lowest BCUT2D eigenvalue weighted by Gasteiger charge is -2.28. The van der Waals surface area contributed by atoms with E-state index in [1.54, 1.807) is 0 Å². The van der Waals surface area contributed by atoms with E-state index in [2.05, 4.69) is 43.9 Å². The van der Waals surface area contributed by atoms with E-state index in [0.29, 0.717) is 19.8 Å². The molecule has 0 unspecified atom stereocenters. The van der Waals surface area contributed by atoms with Crippen molar-refractivity contribution in [2.75, 3.05) is 19.8 Å². The van der Waals surface area contributed by atoms with Crippen molar-refractivity contribution in [2.24, 2.45) is 0 Å².